The fourth-order valence-electron chi connectivity index (χ4n) is 4.37. The Morgan fingerprint density at radius 3 is 2.65 bits per heavy atom. The van der Waals surface area contributed by atoms with Crippen LogP contribution in [0.1, 0.15) is 12.5 Å². The van der Waals surface area contributed by atoms with E-state index in [1.54, 1.807) is 37.4 Å². The van der Waals surface area contributed by atoms with Gasteiger partial charge in [0.1, 0.15) is 35.6 Å². The Balaban J connectivity index is 1.42. The number of benzene rings is 2. The molecule has 198 valence electrons. The topological polar surface area (TPSA) is 113 Å². The average Bonchev–Trinajstić information content (AvgIpc) is 3.41. The molecule has 4 rings (SSSR count). The highest BCUT2D eigenvalue weighted by molar-refractivity contribution is 5.81. The molecular formula is C26H32FN5O5. The van der Waals surface area contributed by atoms with Crippen LogP contribution in [0.15, 0.2) is 54.7 Å². The van der Waals surface area contributed by atoms with Crippen molar-refractivity contribution in [3.63, 3.8) is 0 Å². The first kappa shape index (κ1) is 26.5. The summed E-state index contributed by atoms with van der Waals surface area (Å²) in [4.78, 5) is 16.9. The first-order chi connectivity index (χ1) is 17.8. The van der Waals surface area contributed by atoms with Gasteiger partial charge in [0.2, 0.25) is 0 Å². The van der Waals surface area contributed by atoms with Crippen LogP contribution >= 0.6 is 0 Å². The number of likely N-dealkylation sites (N-methyl/N-ethyl adjacent to an activating group) is 2. The van der Waals surface area contributed by atoms with Crippen molar-refractivity contribution in [1.82, 2.24) is 19.9 Å². The van der Waals surface area contributed by atoms with Gasteiger partial charge in [-0.15, -0.1) is 5.10 Å². The van der Waals surface area contributed by atoms with Gasteiger partial charge in [0, 0.05) is 44.9 Å². The van der Waals surface area contributed by atoms with Gasteiger partial charge in [-0.25, -0.2) is 9.07 Å². The van der Waals surface area contributed by atoms with Crippen molar-refractivity contribution in [3.8, 4) is 17.0 Å². The highest BCUT2D eigenvalue weighted by Gasteiger charge is 2.42. The summed E-state index contributed by atoms with van der Waals surface area (Å²) in [5.74, 6) is 0.110. The highest BCUT2D eigenvalue weighted by atomic mass is 19.1. The van der Waals surface area contributed by atoms with Crippen molar-refractivity contribution in [2.45, 2.75) is 30.8 Å². The largest absolute Gasteiger partial charge is 0.497 e. The van der Waals surface area contributed by atoms with Gasteiger partial charge in [0.05, 0.1) is 26.0 Å². The fourth-order valence-corrected chi connectivity index (χ4v) is 4.37. The summed E-state index contributed by atoms with van der Waals surface area (Å²) in [6, 6.07) is 12.9. The van der Waals surface area contributed by atoms with Crippen LogP contribution in [-0.4, -0.2) is 95.2 Å². The number of carbonyl (C=O) groups is 1. The first-order valence-electron chi connectivity index (χ1n) is 12.0. The van der Waals surface area contributed by atoms with Gasteiger partial charge in [-0.1, -0.05) is 17.3 Å². The molecular weight excluding hydrogens is 481 g/mol. The third-order valence-corrected chi connectivity index (χ3v) is 6.66. The minimum Gasteiger partial charge on any atom is -0.497 e. The molecule has 1 saturated heterocycles. The van der Waals surface area contributed by atoms with Gasteiger partial charge < -0.3 is 29.5 Å². The Morgan fingerprint density at radius 2 is 1.97 bits per heavy atom. The second-order valence-electron chi connectivity index (χ2n) is 9.11. The van der Waals surface area contributed by atoms with Gasteiger partial charge in [0.15, 0.2) is 0 Å². The van der Waals surface area contributed by atoms with E-state index in [1.165, 1.54) is 16.8 Å². The molecule has 3 aromatic rings. The maximum absolute atomic E-state index is 13.6. The zero-order valence-electron chi connectivity index (χ0n) is 21.1. The Hall–Kier alpha value is -3.54. The van der Waals surface area contributed by atoms with E-state index in [2.05, 4.69) is 10.3 Å². The minimum absolute atomic E-state index is 0.140. The number of amides is 1. The second kappa shape index (κ2) is 11.7. The summed E-state index contributed by atoms with van der Waals surface area (Å²) in [5.41, 5.74) is 1.96. The number of ether oxygens (including phenoxy) is 2. The average molecular weight is 514 g/mol. The molecule has 1 aromatic heterocycles. The number of methoxy groups -OCH3 is 1. The monoisotopic (exact) mass is 513 g/mol. The van der Waals surface area contributed by atoms with Crippen molar-refractivity contribution in [2.24, 2.45) is 0 Å². The summed E-state index contributed by atoms with van der Waals surface area (Å²) in [7, 11) is 5.25. The van der Waals surface area contributed by atoms with E-state index in [0.717, 1.165) is 11.4 Å². The van der Waals surface area contributed by atoms with E-state index in [1.807, 2.05) is 36.2 Å². The molecule has 0 aliphatic carbocycles. The number of aromatic nitrogens is 3. The van der Waals surface area contributed by atoms with Crippen molar-refractivity contribution in [1.29, 1.82) is 0 Å². The SMILES string of the molecule is COc1ccc(N(C)CCN(C)C(=O)[C@H]2C[C@@H](n3cc(-c4cccc(F)c4)nn3)[C@@H](O)[C@@H](CO)O2)cc1. The Morgan fingerprint density at radius 1 is 1.22 bits per heavy atom. The molecule has 0 radical (unpaired) electrons. The lowest BCUT2D eigenvalue weighted by Gasteiger charge is -2.39. The van der Waals surface area contributed by atoms with Gasteiger partial charge in [-0.3, -0.25) is 4.79 Å². The molecule has 2 N–H and O–H groups in total. The molecule has 0 bridgehead atoms. The van der Waals surface area contributed by atoms with Crippen molar-refractivity contribution in [2.75, 3.05) is 45.8 Å². The van der Waals surface area contributed by atoms with Crippen LogP contribution in [0, 0.1) is 5.82 Å². The normalized spacial score (nSPS) is 21.5. The number of rotatable bonds is 9. The first-order valence-corrected chi connectivity index (χ1v) is 12.0. The summed E-state index contributed by atoms with van der Waals surface area (Å²) in [6.45, 7) is 0.555. The maximum atomic E-state index is 13.6. The summed E-state index contributed by atoms with van der Waals surface area (Å²) >= 11 is 0. The smallest absolute Gasteiger partial charge is 0.251 e. The fraction of sp³-hybridized carbons (Fsp3) is 0.423. The van der Waals surface area contributed by atoms with E-state index in [4.69, 9.17) is 9.47 Å². The molecule has 1 aliphatic rings. The van der Waals surface area contributed by atoms with Crippen LogP contribution in [0.25, 0.3) is 11.3 Å². The lowest BCUT2D eigenvalue weighted by Crippen LogP contribution is -2.53. The van der Waals surface area contributed by atoms with Crippen LogP contribution in [0.3, 0.4) is 0 Å². The summed E-state index contributed by atoms with van der Waals surface area (Å²) in [5, 5.41) is 28.8. The standard InChI is InChI=1S/C26H32FN5O5/c1-30(19-7-9-20(36-3)10-8-19)11-12-31(2)26(35)23-14-22(25(34)24(16-33)37-23)32-15-21(28-29-32)17-5-4-6-18(27)13-17/h4-10,13,15,22-25,33-34H,11-12,14,16H2,1-3H3/t22-,23-,24-,25-/m1/s1. The van der Waals surface area contributed by atoms with Gasteiger partial charge >= 0.3 is 0 Å². The van der Waals surface area contributed by atoms with E-state index < -0.39 is 36.8 Å². The molecule has 0 unspecified atom stereocenters. The molecule has 1 amide bonds. The summed E-state index contributed by atoms with van der Waals surface area (Å²) < 4.78 is 26.1. The van der Waals surface area contributed by atoms with E-state index in [0.29, 0.717) is 24.3 Å². The van der Waals surface area contributed by atoms with E-state index in [9.17, 15) is 19.4 Å². The number of nitrogens with zero attached hydrogens (tertiary/aromatic N) is 5. The lowest BCUT2D eigenvalue weighted by atomic mass is 9.95. The predicted octanol–water partition coefficient (Wildman–Crippen LogP) is 1.74. The number of hydrogen-bond donors (Lipinski definition) is 2. The lowest BCUT2D eigenvalue weighted by molar-refractivity contribution is -0.177. The van der Waals surface area contributed by atoms with Gasteiger partial charge in [-0.2, -0.15) is 0 Å². The quantitative estimate of drug-likeness (QED) is 0.445. The number of halogens is 1. The van der Waals surface area contributed by atoms with Crippen LogP contribution in [0.4, 0.5) is 10.1 Å². The molecule has 2 aromatic carbocycles. The second-order valence-corrected chi connectivity index (χ2v) is 9.11. The molecule has 1 fully saturated rings. The van der Waals surface area contributed by atoms with Crippen molar-refractivity contribution >= 4 is 11.6 Å². The van der Waals surface area contributed by atoms with E-state index >= 15 is 0 Å². The van der Waals surface area contributed by atoms with Crippen LogP contribution in [-0.2, 0) is 9.53 Å². The third-order valence-electron chi connectivity index (χ3n) is 6.66. The van der Waals surface area contributed by atoms with Crippen LogP contribution < -0.4 is 9.64 Å². The maximum Gasteiger partial charge on any atom is 0.251 e. The molecule has 0 spiro atoms. The molecule has 0 saturated carbocycles. The van der Waals surface area contributed by atoms with Crippen LogP contribution in [0.5, 0.6) is 5.75 Å². The molecule has 2 heterocycles. The molecule has 1 aliphatic heterocycles. The Labute approximate surface area is 214 Å². The third kappa shape index (κ3) is 6.07. The molecule has 11 heteroatoms. The number of aliphatic hydroxyl groups excluding tert-OH is 2. The highest BCUT2D eigenvalue weighted by Crippen LogP contribution is 2.31. The number of hydrogen-bond acceptors (Lipinski definition) is 8. The Bertz CT molecular complexity index is 1190. The minimum atomic E-state index is -1.11. The van der Waals surface area contributed by atoms with Crippen molar-refractivity contribution < 1.29 is 28.9 Å². The van der Waals surface area contributed by atoms with Gasteiger partial charge in [0.25, 0.3) is 5.91 Å². The zero-order chi connectivity index (χ0) is 26.5. The van der Waals surface area contributed by atoms with E-state index in [-0.39, 0.29) is 12.3 Å². The van der Waals surface area contributed by atoms with Gasteiger partial charge in [-0.05, 0) is 36.4 Å². The Kier molecular flexibility index (Phi) is 8.37. The molecule has 37 heavy (non-hydrogen) atoms. The summed E-state index contributed by atoms with van der Waals surface area (Å²) in [6.07, 6.45) is -1.23. The zero-order valence-corrected chi connectivity index (χ0v) is 21.1. The van der Waals surface area contributed by atoms with Crippen molar-refractivity contribution in [3.05, 3.63) is 60.5 Å². The molecule has 10 nitrogen and oxygen atoms in total. The number of aliphatic hydroxyl groups is 2. The predicted molar refractivity (Wildman–Crippen MR) is 135 cm³/mol. The number of carbonyl (C=O) groups excluding carboxylic acids is 1. The van der Waals surface area contributed by atoms with Crippen LogP contribution in [0.2, 0.25) is 0 Å². The number of anilines is 1. The molecule has 4 atom stereocenters.